The van der Waals surface area contributed by atoms with E-state index in [-0.39, 0.29) is 11.2 Å². The molecule has 2 aromatic rings. The number of hydrogen-bond acceptors (Lipinski definition) is 3. The number of ether oxygens (including phenoxy) is 1. The second-order valence-electron chi connectivity index (χ2n) is 10.7. The first-order chi connectivity index (χ1) is 15.2. The summed E-state index contributed by atoms with van der Waals surface area (Å²) in [5.74, 6) is 2.00. The summed E-state index contributed by atoms with van der Waals surface area (Å²) >= 11 is 0. The summed E-state index contributed by atoms with van der Waals surface area (Å²) in [6, 6.07) is 9.78. The molecule has 3 heteroatoms. The zero-order valence-electron chi connectivity index (χ0n) is 18.4. The lowest BCUT2D eigenvalue weighted by atomic mass is 9.66. The van der Waals surface area contributed by atoms with E-state index in [2.05, 4.69) is 53.8 Å². The predicted molar refractivity (Wildman–Crippen MR) is 124 cm³/mol. The molecule has 2 spiro atoms. The van der Waals surface area contributed by atoms with Crippen LogP contribution in [0.2, 0.25) is 0 Å². The van der Waals surface area contributed by atoms with Crippen LogP contribution in [0.4, 0.5) is 0 Å². The lowest BCUT2D eigenvalue weighted by Gasteiger charge is -2.51. The maximum Gasteiger partial charge on any atom is 0.0972 e. The quantitative estimate of drug-likeness (QED) is 0.690. The van der Waals surface area contributed by atoms with E-state index in [9.17, 15) is 0 Å². The molecule has 0 radical (unpaired) electrons. The summed E-state index contributed by atoms with van der Waals surface area (Å²) in [6.45, 7) is 0. The van der Waals surface area contributed by atoms with Crippen molar-refractivity contribution in [3.05, 3.63) is 65.5 Å². The van der Waals surface area contributed by atoms with Gasteiger partial charge in [-0.25, -0.2) is 0 Å². The minimum atomic E-state index is -0.0186. The third kappa shape index (κ3) is 2.51. The standard InChI is InChI=1S/C28H32N2O/c1-29-23-6-4-21-15-22-5-7-25-24(19-3-2-18-10-13-30-17-20(18)14-19)8-9-26(25)28(22)12-11-27(21,16-23)31-28/h2-3,5,10,13-15,17,23-26,29H,4,6-9,11-12,16H2,1H3/t23?,24?,25?,26-,27-,28-/m1/s1. The van der Waals surface area contributed by atoms with Gasteiger partial charge >= 0.3 is 0 Å². The molecule has 2 bridgehead atoms. The van der Waals surface area contributed by atoms with Crippen LogP contribution < -0.4 is 5.32 Å². The van der Waals surface area contributed by atoms with Gasteiger partial charge in [-0.3, -0.25) is 4.98 Å². The van der Waals surface area contributed by atoms with Crippen LogP contribution in [-0.2, 0) is 4.74 Å². The molecular formula is C28H32N2O. The van der Waals surface area contributed by atoms with Crippen molar-refractivity contribution in [3.63, 3.8) is 0 Å². The number of fused-ring (bicyclic) bond motifs is 2. The summed E-state index contributed by atoms with van der Waals surface area (Å²) in [5.41, 5.74) is 4.62. The van der Waals surface area contributed by atoms with Gasteiger partial charge in [0.1, 0.15) is 0 Å². The van der Waals surface area contributed by atoms with Crippen molar-refractivity contribution in [3.8, 4) is 0 Å². The Balaban J connectivity index is 1.25. The first-order valence-corrected chi connectivity index (χ1v) is 12.3. The lowest BCUT2D eigenvalue weighted by molar-refractivity contribution is -0.122. The number of aromatic nitrogens is 1. The van der Waals surface area contributed by atoms with Crippen LogP contribution in [-0.4, -0.2) is 29.3 Å². The fraction of sp³-hybridized carbons (Fsp3) is 0.536. The van der Waals surface area contributed by atoms with E-state index < -0.39 is 0 Å². The topological polar surface area (TPSA) is 34.2 Å². The molecule has 3 heterocycles. The highest BCUT2D eigenvalue weighted by Crippen LogP contribution is 2.65. The summed E-state index contributed by atoms with van der Waals surface area (Å²) in [4.78, 5) is 4.36. The van der Waals surface area contributed by atoms with Gasteiger partial charge in [0.15, 0.2) is 0 Å². The number of benzene rings is 1. The number of rotatable bonds is 2. The van der Waals surface area contributed by atoms with Gasteiger partial charge in [-0.05, 0) is 110 Å². The van der Waals surface area contributed by atoms with Gasteiger partial charge in [-0.1, -0.05) is 24.3 Å². The molecule has 3 fully saturated rings. The molecule has 2 saturated carbocycles. The first-order valence-electron chi connectivity index (χ1n) is 12.3. The molecule has 3 nitrogen and oxygen atoms in total. The Kier molecular flexibility index (Phi) is 3.91. The van der Waals surface area contributed by atoms with Gasteiger partial charge in [-0.15, -0.1) is 0 Å². The number of nitrogens with one attached hydrogen (secondary N) is 1. The molecule has 2 aliphatic heterocycles. The molecule has 1 saturated heterocycles. The molecule has 1 aromatic carbocycles. The molecule has 1 N–H and O–H groups in total. The Bertz CT molecular complexity index is 1120. The Morgan fingerprint density at radius 2 is 2.06 bits per heavy atom. The molecule has 1 aromatic heterocycles. The van der Waals surface area contributed by atoms with Crippen molar-refractivity contribution >= 4 is 10.8 Å². The van der Waals surface area contributed by atoms with Gasteiger partial charge in [0.2, 0.25) is 0 Å². The van der Waals surface area contributed by atoms with Crippen LogP contribution in [0.5, 0.6) is 0 Å². The average molecular weight is 413 g/mol. The zero-order valence-corrected chi connectivity index (χ0v) is 18.4. The van der Waals surface area contributed by atoms with E-state index in [1.165, 1.54) is 66.9 Å². The molecule has 3 unspecified atom stereocenters. The van der Waals surface area contributed by atoms with Gasteiger partial charge in [-0.2, -0.15) is 0 Å². The molecule has 3 aliphatic carbocycles. The van der Waals surface area contributed by atoms with Crippen LogP contribution in [0.25, 0.3) is 10.8 Å². The maximum absolute atomic E-state index is 7.29. The summed E-state index contributed by atoms with van der Waals surface area (Å²) in [5, 5.41) is 6.11. The second-order valence-corrected chi connectivity index (χ2v) is 10.7. The smallest absolute Gasteiger partial charge is 0.0972 e. The largest absolute Gasteiger partial charge is 0.359 e. The molecule has 7 rings (SSSR count). The fourth-order valence-corrected chi connectivity index (χ4v) is 8.05. The van der Waals surface area contributed by atoms with Crippen molar-refractivity contribution in [2.75, 3.05) is 7.05 Å². The van der Waals surface area contributed by atoms with Crippen molar-refractivity contribution in [2.45, 2.75) is 74.5 Å². The average Bonchev–Trinajstić information content (AvgIpc) is 3.38. The number of hydrogen-bond donors (Lipinski definition) is 1. The molecule has 0 amide bonds. The van der Waals surface area contributed by atoms with Crippen molar-refractivity contribution in [2.24, 2.45) is 11.8 Å². The van der Waals surface area contributed by atoms with E-state index in [1.54, 1.807) is 5.57 Å². The number of allylic oxidation sites excluding steroid dienone is 1. The van der Waals surface area contributed by atoms with E-state index in [0.717, 1.165) is 6.42 Å². The third-order valence-electron chi connectivity index (χ3n) is 9.55. The molecule has 5 aliphatic rings. The van der Waals surface area contributed by atoms with Crippen LogP contribution in [0.1, 0.15) is 62.8 Å². The third-order valence-corrected chi connectivity index (χ3v) is 9.55. The van der Waals surface area contributed by atoms with Gasteiger partial charge < -0.3 is 10.1 Å². The minimum Gasteiger partial charge on any atom is -0.359 e. The highest BCUT2D eigenvalue weighted by molar-refractivity contribution is 5.82. The monoisotopic (exact) mass is 412 g/mol. The van der Waals surface area contributed by atoms with Crippen LogP contribution in [0, 0.1) is 11.8 Å². The van der Waals surface area contributed by atoms with Gasteiger partial charge in [0.05, 0.1) is 11.2 Å². The highest BCUT2D eigenvalue weighted by Gasteiger charge is 2.63. The fourth-order valence-electron chi connectivity index (χ4n) is 8.05. The predicted octanol–water partition coefficient (Wildman–Crippen LogP) is 5.67. The Morgan fingerprint density at radius 1 is 1.10 bits per heavy atom. The molecular weight excluding hydrogens is 380 g/mol. The molecule has 6 atom stereocenters. The normalized spacial score (nSPS) is 40.7. The van der Waals surface area contributed by atoms with Crippen LogP contribution in [0.15, 0.2) is 60.0 Å². The lowest BCUT2D eigenvalue weighted by Crippen LogP contribution is -2.52. The second kappa shape index (κ2) is 6.52. The van der Waals surface area contributed by atoms with Crippen LogP contribution >= 0.6 is 0 Å². The van der Waals surface area contributed by atoms with Crippen molar-refractivity contribution in [1.82, 2.24) is 10.3 Å². The Labute approximate surface area is 185 Å². The van der Waals surface area contributed by atoms with Crippen molar-refractivity contribution < 1.29 is 4.74 Å². The summed E-state index contributed by atoms with van der Waals surface area (Å²) in [6.07, 6.45) is 18.9. The Morgan fingerprint density at radius 3 is 3.00 bits per heavy atom. The van der Waals surface area contributed by atoms with E-state index in [4.69, 9.17) is 4.74 Å². The SMILES string of the molecule is CNC1CCC2=CC3=CCC4C(c5ccc6ccncc6c5)CC[C@H]4[C@@]34CC[C@]2(C1)O4. The minimum absolute atomic E-state index is 0.0118. The molecule has 31 heavy (non-hydrogen) atoms. The van der Waals surface area contributed by atoms with E-state index >= 15 is 0 Å². The molecule has 160 valence electrons. The van der Waals surface area contributed by atoms with Crippen LogP contribution in [0.3, 0.4) is 0 Å². The maximum atomic E-state index is 7.29. The van der Waals surface area contributed by atoms with E-state index in [1.807, 2.05) is 12.4 Å². The van der Waals surface area contributed by atoms with Gasteiger partial charge in [0, 0.05) is 23.8 Å². The van der Waals surface area contributed by atoms with E-state index in [0.29, 0.717) is 23.8 Å². The van der Waals surface area contributed by atoms with Gasteiger partial charge in [0.25, 0.3) is 0 Å². The first kappa shape index (κ1) is 18.6. The van der Waals surface area contributed by atoms with Crippen molar-refractivity contribution in [1.29, 1.82) is 0 Å². The number of pyridine rings is 1. The highest BCUT2D eigenvalue weighted by atomic mass is 16.5. The Hall–Kier alpha value is -1.97. The zero-order chi connectivity index (χ0) is 20.6. The summed E-state index contributed by atoms with van der Waals surface area (Å²) < 4.78 is 7.29. The number of nitrogens with zero attached hydrogens (tertiary/aromatic N) is 1. The summed E-state index contributed by atoms with van der Waals surface area (Å²) in [7, 11) is 2.12.